The van der Waals surface area contributed by atoms with E-state index in [0.29, 0.717) is 29.7 Å². The molecule has 0 radical (unpaired) electrons. The molecule has 7 nitrogen and oxygen atoms in total. The van der Waals surface area contributed by atoms with Gasteiger partial charge in [-0.15, -0.1) is 13.2 Å². The summed E-state index contributed by atoms with van der Waals surface area (Å²) in [6.07, 6.45) is -3.80. The highest BCUT2D eigenvalue weighted by atomic mass is 19.4. The summed E-state index contributed by atoms with van der Waals surface area (Å²) in [5, 5.41) is 14.4. The molecular weight excluding hydrogens is 621 g/mol. The van der Waals surface area contributed by atoms with Crippen molar-refractivity contribution >= 4 is 23.5 Å². The number of carboxylic acids is 1. The average molecular weight is 661 g/mol. The molecule has 0 saturated heterocycles. The first kappa shape index (κ1) is 35.7. The molecule has 0 aliphatic carbocycles. The van der Waals surface area contributed by atoms with Crippen molar-refractivity contribution in [3.63, 3.8) is 0 Å². The van der Waals surface area contributed by atoms with Gasteiger partial charge >= 0.3 is 12.3 Å². The molecule has 48 heavy (non-hydrogen) atoms. The van der Waals surface area contributed by atoms with E-state index in [1.165, 1.54) is 29.8 Å². The standard InChI is InChI=1S/C38H39F3N2O5/c1-5-6-32(26-7-9-29(10-8-26)36(46)42-20-19-33(44)45)35(28-13-17-31(18-14-28)48-38(39,40)41)37(47)43-30-15-11-27(12-16-30)34-24(3)21-23(2)22-25(34)4/h7-18,21-22,32,35H,5-6,19-20H2,1-4H3,(H,42,46)(H,43,47)(H,44,45)/t32?,35-/m1/s1. The molecule has 0 fully saturated rings. The van der Waals surface area contributed by atoms with Gasteiger partial charge in [0.1, 0.15) is 5.75 Å². The number of rotatable bonds is 13. The highest BCUT2D eigenvalue weighted by Crippen LogP contribution is 2.39. The lowest BCUT2D eigenvalue weighted by atomic mass is 9.78. The van der Waals surface area contributed by atoms with Gasteiger partial charge in [-0.2, -0.15) is 0 Å². The van der Waals surface area contributed by atoms with Gasteiger partial charge < -0.3 is 20.5 Å². The number of nitrogens with one attached hydrogen (secondary N) is 2. The number of benzene rings is 4. The zero-order valence-corrected chi connectivity index (χ0v) is 27.3. The Balaban J connectivity index is 1.65. The summed E-state index contributed by atoms with van der Waals surface area (Å²) in [5.41, 5.74) is 7.76. The number of amides is 2. The fourth-order valence-electron chi connectivity index (χ4n) is 6.12. The molecule has 0 spiro atoms. The predicted molar refractivity (Wildman–Crippen MR) is 179 cm³/mol. The molecule has 1 unspecified atom stereocenters. The summed E-state index contributed by atoms with van der Waals surface area (Å²) in [5.74, 6) is -3.39. The summed E-state index contributed by atoms with van der Waals surface area (Å²) < 4.78 is 42.7. The Labute approximate surface area is 278 Å². The molecule has 0 aliphatic heterocycles. The molecule has 4 rings (SSSR count). The van der Waals surface area contributed by atoms with Gasteiger partial charge in [-0.3, -0.25) is 14.4 Å². The smallest absolute Gasteiger partial charge is 0.481 e. The molecule has 4 aromatic carbocycles. The second kappa shape index (κ2) is 15.6. The van der Waals surface area contributed by atoms with E-state index in [-0.39, 0.29) is 18.9 Å². The van der Waals surface area contributed by atoms with Crippen LogP contribution in [0.5, 0.6) is 5.75 Å². The van der Waals surface area contributed by atoms with Crippen molar-refractivity contribution in [3.05, 3.63) is 118 Å². The number of hydrogen-bond donors (Lipinski definition) is 3. The van der Waals surface area contributed by atoms with Crippen LogP contribution in [0.2, 0.25) is 0 Å². The molecule has 10 heteroatoms. The van der Waals surface area contributed by atoms with E-state index in [9.17, 15) is 27.6 Å². The summed E-state index contributed by atoms with van der Waals surface area (Å²) >= 11 is 0. The van der Waals surface area contributed by atoms with E-state index in [2.05, 4.69) is 48.3 Å². The van der Waals surface area contributed by atoms with Crippen molar-refractivity contribution in [2.75, 3.05) is 11.9 Å². The monoisotopic (exact) mass is 660 g/mol. The number of anilines is 1. The highest BCUT2D eigenvalue weighted by molar-refractivity contribution is 5.97. The molecule has 252 valence electrons. The summed E-state index contributed by atoms with van der Waals surface area (Å²) in [7, 11) is 0. The van der Waals surface area contributed by atoms with Crippen LogP contribution in [0.3, 0.4) is 0 Å². The first-order valence-corrected chi connectivity index (χ1v) is 15.7. The minimum Gasteiger partial charge on any atom is -0.481 e. The lowest BCUT2D eigenvalue weighted by Gasteiger charge is -2.28. The van der Waals surface area contributed by atoms with E-state index in [1.807, 2.05) is 31.2 Å². The fraction of sp³-hybridized carbons (Fsp3) is 0.289. The third kappa shape index (κ3) is 9.47. The zero-order chi connectivity index (χ0) is 35.0. The molecule has 0 aliphatic rings. The van der Waals surface area contributed by atoms with Gasteiger partial charge in [0.25, 0.3) is 5.91 Å². The van der Waals surface area contributed by atoms with E-state index < -0.39 is 35.8 Å². The Kier molecular flexibility index (Phi) is 11.6. The minimum absolute atomic E-state index is 0.0180. The van der Waals surface area contributed by atoms with E-state index in [4.69, 9.17) is 5.11 Å². The SMILES string of the molecule is CCCC(c1ccc(C(=O)NCCC(=O)O)cc1)[C@H](C(=O)Nc1ccc(-c2c(C)cc(C)cc2C)cc1)c1ccc(OC(F)(F)F)cc1. The first-order chi connectivity index (χ1) is 22.8. The largest absolute Gasteiger partial charge is 0.573 e. The Bertz CT molecular complexity index is 1710. The van der Waals surface area contributed by atoms with Gasteiger partial charge in [-0.05, 0) is 103 Å². The normalized spacial score (nSPS) is 12.6. The van der Waals surface area contributed by atoms with Crippen molar-refractivity contribution in [3.8, 4) is 16.9 Å². The van der Waals surface area contributed by atoms with E-state index in [1.54, 1.807) is 24.3 Å². The van der Waals surface area contributed by atoms with Crippen molar-refractivity contribution in [1.29, 1.82) is 0 Å². The number of carbonyl (C=O) groups excluding carboxylic acids is 2. The summed E-state index contributed by atoms with van der Waals surface area (Å²) in [6, 6.07) is 23.8. The molecule has 4 aromatic rings. The van der Waals surface area contributed by atoms with Gasteiger partial charge in [0, 0.05) is 17.8 Å². The second-order valence-electron chi connectivity index (χ2n) is 11.9. The van der Waals surface area contributed by atoms with Gasteiger partial charge in [-0.1, -0.05) is 67.4 Å². The second-order valence-corrected chi connectivity index (χ2v) is 11.9. The Hall–Kier alpha value is -5.12. The lowest BCUT2D eigenvalue weighted by molar-refractivity contribution is -0.274. The molecule has 0 heterocycles. The van der Waals surface area contributed by atoms with Crippen molar-refractivity contribution in [1.82, 2.24) is 5.32 Å². The zero-order valence-electron chi connectivity index (χ0n) is 27.3. The quantitative estimate of drug-likeness (QED) is 0.133. The van der Waals surface area contributed by atoms with Gasteiger partial charge in [0.15, 0.2) is 0 Å². The molecule has 0 saturated carbocycles. The number of carboxylic acid groups (broad SMARTS) is 1. The number of hydrogen-bond acceptors (Lipinski definition) is 4. The van der Waals surface area contributed by atoms with Gasteiger partial charge in [0.2, 0.25) is 5.91 Å². The van der Waals surface area contributed by atoms with Crippen LogP contribution in [0.1, 0.15) is 76.2 Å². The summed E-state index contributed by atoms with van der Waals surface area (Å²) in [4.78, 5) is 37.5. The Morgan fingerprint density at radius 2 is 1.42 bits per heavy atom. The van der Waals surface area contributed by atoms with Crippen molar-refractivity contribution < 1.29 is 37.4 Å². The van der Waals surface area contributed by atoms with Crippen LogP contribution < -0.4 is 15.4 Å². The third-order valence-corrected chi connectivity index (χ3v) is 8.10. The number of aliphatic carboxylic acids is 1. The molecular formula is C38H39F3N2O5. The average Bonchev–Trinajstić information content (AvgIpc) is 3.01. The number of ether oxygens (including phenoxy) is 1. The van der Waals surface area contributed by atoms with Crippen LogP contribution in [-0.2, 0) is 9.59 Å². The van der Waals surface area contributed by atoms with Crippen molar-refractivity contribution in [2.24, 2.45) is 0 Å². The molecule has 2 atom stereocenters. The van der Waals surface area contributed by atoms with Gasteiger partial charge in [-0.25, -0.2) is 0 Å². The lowest BCUT2D eigenvalue weighted by Crippen LogP contribution is -2.27. The Morgan fingerprint density at radius 1 is 0.833 bits per heavy atom. The number of aryl methyl sites for hydroxylation is 3. The minimum atomic E-state index is -4.85. The first-order valence-electron chi connectivity index (χ1n) is 15.7. The topological polar surface area (TPSA) is 105 Å². The van der Waals surface area contributed by atoms with Crippen LogP contribution in [0, 0.1) is 20.8 Å². The molecule has 2 amide bonds. The van der Waals surface area contributed by atoms with Crippen LogP contribution in [-0.4, -0.2) is 35.8 Å². The number of carbonyl (C=O) groups is 3. The third-order valence-electron chi connectivity index (χ3n) is 8.10. The van der Waals surface area contributed by atoms with Crippen molar-refractivity contribution in [2.45, 2.75) is 65.2 Å². The van der Waals surface area contributed by atoms with Crippen LogP contribution >= 0.6 is 0 Å². The van der Waals surface area contributed by atoms with Crippen LogP contribution in [0.15, 0.2) is 84.9 Å². The molecule has 3 N–H and O–H groups in total. The number of halogens is 3. The maximum atomic E-state index is 14.1. The van der Waals surface area contributed by atoms with Crippen LogP contribution in [0.25, 0.3) is 11.1 Å². The highest BCUT2D eigenvalue weighted by Gasteiger charge is 2.33. The predicted octanol–water partition coefficient (Wildman–Crippen LogP) is 8.69. The molecule has 0 aromatic heterocycles. The maximum Gasteiger partial charge on any atom is 0.573 e. The summed E-state index contributed by atoms with van der Waals surface area (Å²) in [6.45, 7) is 8.13. The molecule has 0 bridgehead atoms. The number of alkyl halides is 3. The van der Waals surface area contributed by atoms with Crippen LogP contribution in [0.4, 0.5) is 18.9 Å². The van der Waals surface area contributed by atoms with E-state index in [0.717, 1.165) is 27.8 Å². The van der Waals surface area contributed by atoms with Gasteiger partial charge in [0.05, 0.1) is 12.3 Å². The van der Waals surface area contributed by atoms with E-state index >= 15 is 0 Å². The maximum absolute atomic E-state index is 14.1. The Morgan fingerprint density at radius 3 is 1.96 bits per heavy atom. The fourth-order valence-corrected chi connectivity index (χ4v) is 6.12.